The number of aliphatic imine (C=N–C) groups is 1. The van der Waals surface area contributed by atoms with Gasteiger partial charge in [0.15, 0.2) is 5.96 Å². The van der Waals surface area contributed by atoms with Gasteiger partial charge in [0.25, 0.3) is 0 Å². The van der Waals surface area contributed by atoms with Crippen LogP contribution in [0.4, 0.5) is 0 Å². The summed E-state index contributed by atoms with van der Waals surface area (Å²) in [5.41, 5.74) is 2.59. The molecule has 0 aliphatic carbocycles. The van der Waals surface area contributed by atoms with E-state index in [0.29, 0.717) is 24.8 Å². The summed E-state index contributed by atoms with van der Waals surface area (Å²) in [5.74, 6) is 0.899. The number of hydrogen-bond donors (Lipinski definition) is 2. The molecule has 3 fully saturated rings. The Kier molecular flexibility index (Phi) is 6.27. The van der Waals surface area contributed by atoms with Crippen LogP contribution in [-0.2, 0) is 22.6 Å². The van der Waals surface area contributed by atoms with Gasteiger partial charge in [-0.25, -0.2) is 4.99 Å². The average molecular weight is 373 g/mol. The molecule has 3 atom stereocenters. The number of ether oxygens (including phenoxy) is 2. The van der Waals surface area contributed by atoms with Gasteiger partial charge in [-0.2, -0.15) is 0 Å². The van der Waals surface area contributed by atoms with Crippen molar-refractivity contribution in [1.29, 1.82) is 0 Å². The van der Waals surface area contributed by atoms with Crippen molar-refractivity contribution in [1.82, 2.24) is 15.5 Å². The summed E-state index contributed by atoms with van der Waals surface area (Å²) in [5, 5.41) is 6.95. The van der Waals surface area contributed by atoms with Gasteiger partial charge in [0, 0.05) is 26.2 Å². The summed E-state index contributed by atoms with van der Waals surface area (Å²) < 4.78 is 11.4. The highest BCUT2D eigenvalue weighted by Crippen LogP contribution is 2.34. The Hall–Kier alpha value is -1.63. The third-order valence-electron chi connectivity index (χ3n) is 5.72. The molecule has 2 N–H and O–H groups in total. The fraction of sp³-hybridized carbons (Fsp3) is 0.667. The molecule has 4 rings (SSSR count). The largest absolute Gasteiger partial charge is 0.379 e. The normalized spacial score (nSPS) is 28.5. The average Bonchev–Trinajstić information content (AvgIpc) is 3.31. The molecule has 1 aromatic carbocycles. The first-order valence-corrected chi connectivity index (χ1v) is 10.4. The van der Waals surface area contributed by atoms with E-state index in [2.05, 4.69) is 46.7 Å². The standard InChI is InChI=1S/C21H32N4O2/c1-2-22-21(24-19-13-18-7-8-20(19)27-18)23-14-16-3-5-17(6-4-16)15-25-9-11-26-12-10-25/h3-6,18-20H,2,7-15H2,1H3,(H2,22,23,24). The molecular weight excluding hydrogens is 340 g/mol. The Balaban J connectivity index is 1.30. The number of rotatable bonds is 6. The van der Waals surface area contributed by atoms with Gasteiger partial charge in [-0.3, -0.25) is 4.90 Å². The number of morpholine rings is 1. The highest BCUT2D eigenvalue weighted by atomic mass is 16.5. The number of fused-ring (bicyclic) bond motifs is 2. The Morgan fingerprint density at radius 3 is 2.59 bits per heavy atom. The third-order valence-corrected chi connectivity index (χ3v) is 5.72. The van der Waals surface area contributed by atoms with Gasteiger partial charge >= 0.3 is 0 Å². The van der Waals surface area contributed by atoms with E-state index in [4.69, 9.17) is 14.5 Å². The molecule has 148 valence electrons. The quantitative estimate of drug-likeness (QED) is 0.590. The van der Waals surface area contributed by atoms with Crippen LogP contribution in [0.3, 0.4) is 0 Å². The molecule has 3 unspecified atom stereocenters. The second kappa shape index (κ2) is 9.04. The molecule has 0 amide bonds. The van der Waals surface area contributed by atoms with E-state index in [-0.39, 0.29) is 0 Å². The predicted octanol–water partition coefficient (Wildman–Crippen LogP) is 1.89. The molecule has 0 radical (unpaired) electrons. The van der Waals surface area contributed by atoms with E-state index >= 15 is 0 Å². The Morgan fingerprint density at radius 1 is 1.15 bits per heavy atom. The number of nitrogens with one attached hydrogen (secondary N) is 2. The minimum atomic E-state index is 0.360. The minimum absolute atomic E-state index is 0.360. The smallest absolute Gasteiger partial charge is 0.191 e. The first-order valence-electron chi connectivity index (χ1n) is 10.4. The zero-order valence-corrected chi connectivity index (χ0v) is 16.3. The van der Waals surface area contributed by atoms with Crippen molar-refractivity contribution in [3.8, 4) is 0 Å². The lowest BCUT2D eigenvalue weighted by Gasteiger charge is -2.26. The lowest BCUT2D eigenvalue weighted by Crippen LogP contribution is -2.47. The van der Waals surface area contributed by atoms with Gasteiger partial charge in [-0.1, -0.05) is 24.3 Å². The van der Waals surface area contributed by atoms with Crippen LogP contribution in [0.5, 0.6) is 0 Å². The number of hydrogen-bond acceptors (Lipinski definition) is 4. The maximum absolute atomic E-state index is 5.95. The summed E-state index contributed by atoms with van der Waals surface area (Å²) in [6, 6.07) is 9.25. The fourth-order valence-electron chi connectivity index (χ4n) is 4.22. The van der Waals surface area contributed by atoms with Crippen molar-refractivity contribution in [2.24, 2.45) is 4.99 Å². The van der Waals surface area contributed by atoms with E-state index < -0.39 is 0 Å². The molecule has 3 heterocycles. The van der Waals surface area contributed by atoms with Gasteiger partial charge < -0.3 is 20.1 Å². The first-order chi connectivity index (χ1) is 13.3. The van der Waals surface area contributed by atoms with Crippen molar-refractivity contribution < 1.29 is 9.47 Å². The van der Waals surface area contributed by atoms with E-state index in [1.807, 2.05) is 0 Å². The second-order valence-corrected chi connectivity index (χ2v) is 7.76. The molecule has 3 saturated heterocycles. The Bertz CT molecular complexity index is 628. The molecule has 1 aromatic rings. The predicted molar refractivity (Wildman–Crippen MR) is 107 cm³/mol. The molecule has 0 spiro atoms. The molecule has 6 nitrogen and oxygen atoms in total. The topological polar surface area (TPSA) is 58.1 Å². The van der Waals surface area contributed by atoms with Crippen molar-refractivity contribution in [2.75, 3.05) is 32.8 Å². The van der Waals surface area contributed by atoms with Crippen LogP contribution in [0.1, 0.15) is 37.3 Å². The van der Waals surface area contributed by atoms with E-state index in [1.54, 1.807) is 0 Å². The van der Waals surface area contributed by atoms with Gasteiger partial charge in [0.05, 0.1) is 38.0 Å². The van der Waals surface area contributed by atoms with Crippen molar-refractivity contribution in [3.63, 3.8) is 0 Å². The number of benzene rings is 1. The van der Waals surface area contributed by atoms with Gasteiger partial charge in [-0.15, -0.1) is 0 Å². The summed E-state index contributed by atoms with van der Waals surface area (Å²) in [6.45, 7) is 8.41. The van der Waals surface area contributed by atoms with Gasteiger partial charge in [0.1, 0.15) is 0 Å². The summed E-state index contributed by atoms with van der Waals surface area (Å²) in [4.78, 5) is 7.23. The molecule has 6 heteroatoms. The molecule has 0 aromatic heterocycles. The number of nitrogens with zero attached hydrogens (tertiary/aromatic N) is 2. The summed E-state index contributed by atoms with van der Waals surface area (Å²) >= 11 is 0. The number of guanidine groups is 1. The highest BCUT2D eigenvalue weighted by molar-refractivity contribution is 5.80. The molecular formula is C21H32N4O2. The van der Waals surface area contributed by atoms with Crippen LogP contribution >= 0.6 is 0 Å². The zero-order valence-electron chi connectivity index (χ0n) is 16.3. The Labute approximate surface area is 162 Å². The second-order valence-electron chi connectivity index (χ2n) is 7.76. The van der Waals surface area contributed by atoms with Gasteiger partial charge in [0.2, 0.25) is 0 Å². The van der Waals surface area contributed by atoms with Crippen LogP contribution in [0.15, 0.2) is 29.3 Å². The Morgan fingerprint density at radius 2 is 1.93 bits per heavy atom. The van der Waals surface area contributed by atoms with Crippen LogP contribution in [-0.4, -0.2) is 62.0 Å². The van der Waals surface area contributed by atoms with E-state index in [0.717, 1.165) is 51.8 Å². The monoisotopic (exact) mass is 372 g/mol. The van der Waals surface area contributed by atoms with Crippen molar-refractivity contribution in [2.45, 2.75) is 57.5 Å². The maximum Gasteiger partial charge on any atom is 0.191 e. The van der Waals surface area contributed by atoms with Crippen LogP contribution < -0.4 is 10.6 Å². The van der Waals surface area contributed by atoms with E-state index in [9.17, 15) is 0 Å². The highest BCUT2D eigenvalue weighted by Gasteiger charge is 2.41. The molecule has 0 saturated carbocycles. The van der Waals surface area contributed by atoms with Crippen LogP contribution in [0, 0.1) is 0 Å². The van der Waals surface area contributed by atoms with Crippen LogP contribution in [0.2, 0.25) is 0 Å². The first kappa shape index (κ1) is 18.7. The lowest BCUT2D eigenvalue weighted by molar-refractivity contribution is 0.0342. The third kappa shape index (κ3) is 5.00. The molecule has 3 aliphatic heterocycles. The maximum atomic E-state index is 5.95. The van der Waals surface area contributed by atoms with Crippen molar-refractivity contribution in [3.05, 3.63) is 35.4 Å². The molecule has 27 heavy (non-hydrogen) atoms. The minimum Gasteiger partial charge on any atom is -0.379 e. The lowest BCUT2D eigenvalue weighted by atomic mass is 9.96. The van der Waals surface area contributed by atoms with Crippen LogP contribution in [0.25, 0.3) is 0 Å². The van der Waals surface area contributed by atoms with E-state index in [1.165, 1.54) is 24.0 Å². The molecule has 3 aliphatic rings. The SMILES string of the molecule is CCNC(=NCc1ccc(CN2CCOCC2)cc1)NC1CC2CCC1O2. The van der Waals surface area contributed by atoms with Crippen molar-refractivity contribution >= 4 is 5.96 Å². The summed E-state index contributed by atoms with van der Waals surface area (Å²) in [6.07, 6.45) is 4.30. The summed E-state index contributed by atoms with van der Waals surface area (Å²) in [7, 11) is 0. The fourth-order valence-corrected chi connectivity index (χ4v) is 4.22. The zero-order chi connectivity index (χ0) is 18.5. The van der Waals surface area contributed by atoms with Gasteiger partial charge in [-0.05, 0) is 37.3 Å². The molecule has 2 bridgehead atoms.